The van der Waals surface area contributed by atoms with E-state index in [1.54, 1.807) is 24.3 Å². The van der Waals surface area contributed by atoms with Crippen LogP contribution in [0.2, 0.25) is 0 Å². The highest BCUT2D eigenvalue weighted by Gasteiger charge is 2.30. The molecule has 0 aliphatic carbocycles. The third kappa shape index (κ3) is 9.89. The van der Waals surface area contributed by atoms with E-state index in [1.807, 2.05) is 36.6 Å². The van der Waals surface area contributed by atoms with E-state index in [4.69, 9.17) is 13.7 Å². The molecule has 0 bridgehead atoms. The molecule has 5 rings (SSSR count). The molecular weight excluding hydrogens is 645 g/mol. The molecule has 0 amide bonds. The molecule has 10 nitrogen and oxygen atoms in total. The number of hydrogen-bond donors (Lipinski definition) is 0. The molecule has 0 N–H and O–H groups in total. The Hall–Kier alpha value is -4.73. The van der Waals surface area contributed by atoms with E-state index in [1.165, 1.54) is 58.6 Å². The van der Waals surface area contributed by atoms with E-state index in [2.05, 4.69) is 20.0 Å². The van der Waals surface area contributed by atoms with Crippen molar-refractivity contribution in [1.82, 2.24) is 20.0 Å². The second-order valence-electron chi connectivity index (χ2n) is 9.78. The molecule has 0 aliphatic rings. The van der Waals surface area contributed by atoms with Gasteiger partial charge in [0.1, 0.15) is 28.0 Å². The van der Waals surface area contributed by atoms with Gasteiger partial charge in [0.25, 0.3) is 5.88 Å². The van der Waals surface area contributed by atoms with E-state index < -0.39 is 16.5 Å². The second kappa shape index (κ2) is 14.6. The van der Waals surface area contributed by atoms with Crippen LogP contribution in [0.4, 0.5) is 13.2 Å². The minimum Gasteiger partial charge on any atom is -0.487 e. The smallest absolute Gasteiger partial charge is 0.487 e. The summed E-state index contributed by atoms with van der Waals surface area (Å²) >= 11 is 1.42. The molecular formula is C31H27F3N4O6S2. The van der Waals surface area contributed by atoms with Gasteiger partial charge in [-0.05, 0) is 60.5 Å². The Bertz CT molecular complexity index is 1860. The van der Waals surface area contributed by atoms with Crippen LogP contribution in [0.1, 0.15) is 27.4 Å². The van der Waals surface area contributed by atoms with Gasteiger partial charge in [-0.2, -0.15) is 8.42 Å². The van der Waals surface area contributed by atoms with Gasteiger partial charge in [-0.3, -0.25) is 0 Å². The first kappa shape index (κ1) is 32.7. The van der Waals surface area contributed by atoms with Gasteiger partial charge >= 0.3 is 16.5 Å². The van der Waals surface area contributed by atoms with E-state index in [0.29, 0.717) is 31.1 Å². The SMILES string of the molecule is Cc1ccc(S(=O)(=O)Oc2cn(CCOCc3ccc(OCc4csc(C=Cc5ccc(OC(F)(F)F)cc5)n4)cc3)nn2)cc1. The zero-order valence-corrected chi connectivity index (χ0v) is 25.9. The highest BCUT2D eigenvalue weighted by molar-refractivity contribution is 7.87. The largest absolute Gasteiger partial charge is 0.573 e. The Morgan fingerprint density at radius 2 is 1.63 bits per heavy atom. The maximum Gasteiger partial charge on any atom is 0.573 e. The predicted molar refractivity (Wildman–Crippen MR) is 164 cm³/mol. The van der Waals surface area contributed by atoms with Crippen molar-refractivity contribution in [1.29, 1.82) is 0 Å². The summed E-state index contributed by atoms with van der Waals surface area (Å²) in [6.45, 7) is 3.12. The Morgan fingerprint density at radius 3 is 2.35 bits per heavy atom. The summed E-state index contributed by atoms with van der Waals surface area (Å²) in [5, 5.41) is 10.2. The lowest BCUT2D eigenvalue weighted by Gasteiger charge is -2.08. The predicted octanol–water partition coefficient (Wildman–Crippen LogP) is 6.68. The number of nitrogens with zero attached hydrogens (tertiary/aromatic N) is 4. The number of aryl methyl sites for hydroxylation is 1. The minimum absolute atomic E-state index is 0.0312. The quantitative estimate of drug-likeness (QED) is 0.0942. The van der Waals surface area contributed by atoms with Gasteiger partial charge in [-0.25, -0.2) is 9.67 Å². The molecule has 0 saturated heterocycles. The third-order valence-electron chi connectivity index (χ3n) is 6.17. The fourth-order valence-electron chi connectivity index (χ4n) is 3.89. The average molecular weight is 673 g/mol. The van der Waals surface area contributed by atoms with Crippen LogP contribution in [0.3, 0.4) is 0 Å². The first-order valence-electron chi connectivity index (χ1n) is 13.7. The number of aromatic nitrogens is 4. The zero-order valence-electron chi connectivity index (χ0n) is 24.3. The highest BCUT2D eigenvalue weighted by Crippen LogP contribution is 2.24. The molecule has 240 valence electrons. The lowest BCUT2D eigenvalue weighted by atomic mass is 10.2. The number of benzene rings is 3. The number of halogens is 3. The molecule has 0 atom stereocenters. The summed E-state index contributed by atoms with van der Waals surface area (Å²) in [5.74, 6) is 0.249. The van der Waals surface area contributed by atoms with Gasteiger partial charge in [0.05, 0.1) is 31.6 Å². The molecule has 0 unspecified atom stereocenters. The molecule has 0 saturated carbocycles. The van der Waals surface area contributed by atoms with E-state index in [9.17, 15) is 21.6 Å². The summed E-state index contributed by atoms with van der Waals surface area (Å²) in [7, 11) is -4.01. The van der Waals surface area contributed by atoms with Crippen molar-refractivity contribution in [3.05, 3.63) is 112 Å². The van der Waals surface area contributed by atoms with Gasteiger partial charge in [0, 0.05) is 5.38 Å². The van der Waals surface area contributed by atoms with E-state index in [-0.39, 0.29) is 23.1 Å². The molecule has 3 aromatic carbocycles. The van der Waals surface area contributed by atoms with Crippen LogP contribution in [-0.2, 0) is 34.6 Å². The summed E-state index contributed by atoms with van der Waals surface area (Å²) in [6.07, 6.45) is 0.188. The number of thiazole rings is 1. The zero-order chi connectivity index (χ0) is 32.6. The Balaban J connectivity index is 1.01. The third-order valence-corrected chi connectivity index (χ3v) is 8.27. The molecule has 0 radical (unpaired) electrons. The second-order valence-corrected chi connectivity index (χ2v) is 12.2. The first-order chi connectivity index (χ1) is 22.0. The maximum absolute atomic E-state index is 12.4. The monoisotopic (exact) mass is 672 g/mol. The molecule has 46 heavy (non-hydrogen) atoms. The Kier molecular flexibility index (Phi) is 10.3. The summed E-state index contributed by atoms with van der Waals surface area (Å²) in [5.41, 5.74) is 3.30. The standard InChI is InChI=1S/C31H27F3N4O6S2/c1-22-2-13-28(14-3-22)46(39,40)44-29-18-38(37-36-29)16-17-41-19-24-6-9-26(10-7-24)42-20-25-21-45-30(35-25)15-8-23-4-11-27(12-5-23)43-31(32,33)34/h2-15,18,21H,16-17,19-20H2,1H3. The molecule has 2 heterocycles. The van der Waals surface area contributed by atoms with Crippen molar-refractivity contribution in [2.45, 2.75) is 37.9 Å². The van der Waals surface area contributed by atoms with Gasteiger partial charge < -0.3 is 18.4 Å². The number of hydrogen-bond acceptors (Lipinski definition) is 10. The molecule has 0 fully saturated rings. The normalized spacial score (nSPS) is 12.0. The summed E-state index contributed by atoms with van der Waals surface area (Å²) in [4.78, 5) is 4.53. The van der Waals surface area contributed by atoms with Crippen molar-refractivity contribution in [2.75, 3.05) is 6.61 Å². The minimum atomic E-state index is -4.73. The van der Waals surface area contributed by atoms with Gasteiger partial charge in [-0.1, -0.05) is 58.3 Å². The molecule has 0 aliphatic heterocycles. The number of ether oxygens (including phenoxy) is 3. The lowest BCUT2D eigenvalue weighted by molar-refractivity contribution is -0.274. The van der Waals surface area contributed by atoms with Crippen LogP contribution >= 0.6 is 11.3 Å². The fraction of sp³-hybridized carbons (Fsp3) is 0.194. The van der Waals surface area contributed by atoms with Crippen LogP contribution in [0.5, 0.6) is 17.4 Å². The lowest BCUT2D eigenvalue weighted by Crippen LogP contribution is -2.16. The average Bonchev–Trinajstić information content (AvgIpc) is 3.67. The van der Waals surface area contributed by atoms with E-state index >= 15 is 0 Å². The van der Waals surface area contributed by atoms with Crippen molar-refractivity contribution >= 4 is 33.6 Å². The summed E-state index contributed by atoms with van der Waals surface area (Å²) in [6, 6.07) is 19.3. The van der Waals surface area contributed by atoms with Crippen molar-refractivity contribution in [3.63, 3.8) is 0 Å². The van der Waals surface area contributed by atoms with Crippen LogP contribution in [0, 0.1) is 6.92 Å². The van der Waals surface area contributed by atoms with Crippen LogP contribution in [0.25, 0.3) is 12.2 Å². The van der Waals surface area contributed by atoms with Crippen LogP contribution in [0.15, 0.2) is 89.3 Å². The van der Waals surface area contributed by atoms with Crippen molar-refractivity contribution in [3.8, 4) is 17.4 Å². The number of rotatable bonds is 14. The highest BCUT2D eigenvalue weighted by atomic mass is 32.2. The van der Waals surface area contributed by atoms with Crippen LogP contribution < -0.4 is 13.7 Å². The fourth-order valence-corrected chi connectivity index (χ4v) is 5.46. The van der Waals surface area contributed by atoms with Gasteiger partial charge in [0.15, 0.2) is 0 Å². The summed E-state index contributed by atoms with van der Waals surface area (Å²) < 4.78 is 83.7. The van der Waals surface area contributed by atoms with E-state index in [0.717, 1.165) is 21.8 Å². The molecule has 15 heteroatoms. The maximum atomic E-state index is 12.4. The van der Waals surface area contributed by atoms with Crippen LogP contribution in [-0.4, -0.2) is 41.4 Å². The van der Waals surface area contributed by atoms with Crippen molar-refractivity contribution in [2.24, 2.45) is 0 Å². The van der Waals surface area contributed by atoms with Crippen molar-refractivity contribution < 1.29 is 40.0 Å². The topological polar surface area (TPSA) is 115 Å². The first-order valence-corrected chi connectivity index (χ1v) is 16.0. The Labute approximate surface area is 266 Å². The molecule has 0 spiro atoms. The number of alkyl halides is 3. The molecule has 2 aromatic heterocycles. The van der Waals surface area contributed by atoms with Gasteiger partial charge in [-0.15, -0.1) is 24.5 Å². The van der Waals surface area contributed by atoms with Gasteiger partial charge in [0.2, 0.25) is 0 Å². The Morgan fingerprint density at radius 1 is 0.913 bits per heavy atom. The molecule has 5 aromatic rings.